The van der Waals surface area contributed by atoms with E-state index in [9.17, 15) is 0 Å². The molecule has 0 heterocycles. The van der Waals surface area contributed by atoms with Crippen molar-refractivity contribution in [2.24, 2.45) is 11.7 Å². The fraction of sp³-hybridized carbons (Fsp3) is 0.625. The van der Waals surface area contributed by atoms with Gasteiger partial charge in [0.1, 0.15) is 0 Å². The molecule has 0 radical (unpaired) electrons. The van der Waals surface area contributed by atoms with Crippen molar-refractivity contribution in [2.75, 3.05) is 6.54 Å². The Bertz CT molecular complexity index is 400. The molecule has 0 fully saturated rings. The second kappa shape index (κ2) is 4.45. The highest BCUT2D eigenvalue weighted by Crippen LogP contribution is 2.37. The molecule has 94 valence electrons. The van der Waals surface area contributed by atoms with Crippen molar-refractivity contribution >= 4 is 0 Å². The zero-order valence-electron chi connectivity index (χ0n) is 11.6. The van der Waals surface area contributed by atoms with Crippen LogP contribution in [-0.4, -0.2) is 6.54 Å². The van der Waals surface area contributed by atoms with E-state index >= 15 is 0 Å². The van der Waals surface area contributed by atoms with Crippen LogP contribution in [0.25, 0.3) is 0 Å². The van der Waals surface area contributed by atoms with Crippen LogP contribution < -0.4 is 5.73 Å². The predicted molar refractivity (Wildman–Crippen MR) is 74.4 cm³/mol. The number of rotatable bonds is 1. The molecule has 1 aliphatic carbocycles. The lowest BCUT2D eigenvalue weighted by molar-refractivity contribution is 0.407. The van der Waals surface area contributed by atoms with Crippen LogP contribution in [0.1, 0.15) is 56.7 Å². The molecular weight excluding hydrogens is 206 g/mol. The largest absolute Gasteiger partial charge is 0.330 e. The van der Waals surface area contributed by atoms with Crippen LogP contribution in [0.3, 0.4) is 0 Å². The minimum atomic E-state index is 0.231. The predicted octanol–water partition coefficient (Wildman–Crippen LogP) is 3.61. The molecule has 2 N–H and O–H groups in total. The lowest BCUT2D eigenvalue weighted by Crippen LogP contribution is -2.26. The van der Waals surface area contributed by atoms with Gasteiger partial charge in [0.05, 0.1) is 0 Å². The monoisotopic (exact) mass is 231 g/mol. The molecular formula is C16H25N. The summed E-state index contributed by atoms with van der Waals surface area (Å²) in [4.78, 5) is 0. The Balaban J connectivity index is 2.45. The summed E-state index contributed by atoms with van der Waals surface area (Å²) in [5, 5.41) is 0. The van der Waals surface area contributed by atoms with E-state index in [-0.39, 0.29) is 5.41 Å². The molecule has 0 aromatic heterocycles. The van der Waals surface area contributed by atoms with E-state index in [1.165, 1.54) is 29.5 Å². The van der Waals surface area contributed by atoms with Crippen molar-refractivity contribution in [1.82, 2.24) is 0 Å². The molecule has 0 amide bonds. The summed E-state index contributed by atoms with van der Waals surface area (Å²) in [5.41, 5.74) is 10.7. The molecule has 2 unspecified atom stereocenters. The minimum absolute atomic E-state index is 0.231. The topological polar surface area (TPSA) is 26.0 Å². The summed E-state index contributed by atoms with van der Waals surface area (Å²) in [6, 6.07) is 7.02. The fourth-order valence-corrected chi connectivity index (χ4v) is 2.88. The van der Waals surface area contributed by atoms with Crippen LogP contribution in [0.2, 0.25) is 0 Å². The third-order valence-electron chi connectivity index (χ3n) is 4.22. The third kappa shape index (κ3) is 2.40. The first-order chi connectivity index (χ1) is 7.93. The molecule has 2 atom stereocenters. The van der Waals surface area contributed by atoms with Gasteiger partial charge in [0.25, 0.3) is 0 Å². The molecule has 1 aliphatic rings. The summed E-state index contributed by atoms with van der Waals surface area (Å²) in [6.07, 6.45) is 2.50. The van der Waals surface area contributed by atoms with Crippen molar-refractivity contribution in [3.63, 3.8) is 0 Å². The number of fused-ring (bicyclic) bond motifs is 1. The van der Waals surface area contributed by atoms with Gasteiger partial charge in [0.2, 0.25) is 0 Å². The van der Waals surface area contributed by atoms with Crippen LogP contribution in [0, 0.1) is 5.92 Å². The summed E-state index contributed by atoms with van der Waals surface area (Å²) in [5.74, 6) is 1.28. The Hall–Kier alpha value is -0.820. The molecule has 1 heteroatoms. The third-order valence-corrected chi connectivity index (χ3v) is 4.22. The fourth-order valence-electron chi connectivity index (χ4n) is 2.88. The molecule has 1 aromatic rings. The number of nitrogens with two attached hydrogens (primary N) is 1. The van der Waals surface area contributed by atoms with Gasteiger partial charge in [-0.25, -0.2) is 0 Å². The zero-order valence-corrected chi connectivity index (χ0v) is 11.6. The van der Waals surface area contributed by atoms with Gasteiger partial charge < -0.3 is 5.73 Å². The van der Waals surface area contributed by atoms with Crippen LogP contribution in [0.15, 0.2) is 18.2 Å². The van der Waals surface area contributed by atoms with Gasteiger partial charge in [-0.15, -0.1) is 0 Å². The summed E-state index contributed by atoms with van der Waals surface area (Å²) >= 11 is 0. The number of aryl methyl sites for hydroxylation is 1. The first-order valence-electron chi connectivity index (χ1n) is 6.77. The molecule has 2 rings (SSSR count). The maximum atomic E-state index is 5.97. The summed E-state index contributed by atoms with van der Waals surface area (Å²) < 4.78 is 0. The van der Waals surface area contributed by atoms with Crippen molar-refractivity contribution in [1.29, 1.82) is 0 Å². The van der Waals surface area contributed by atoms with Gasteiger partial charge in [0.15, 0.2) is 0 Å². The standard InChI is InChI=1S/C16H25N/c1-11-5-6-12-7-8-13(16(2,3)4)9-14(12)15(11)10-17/h7-9,11,15H,5-6,10,17H2,1-4H3. The maximum Gasteiger partial charge on any atom is -0.000556 e. The number of hydrogen-bond donors (Lipinski definition) is 1. The van der Waals surface area contributed by atoms with Crippen LogP contribution in [0.5, 0.6) is 0 Å². The van der Waals surface area contributed by atoms with E-state index in [2.05, 4.69) is 45.9 Å². The van der Waals surface area contributed by atoms with Crippen molar-refractivity contribution in [2.45, 2.75) is 51.9 Å². The van der Waals surface area contributed by atoms with Gasteiger partial charge in [-0.2, -0.15) is 0 Å². The van der Waals surface area contributed by atoms with Crippen molar-refractivity contribution in [3.05, 3.63) is 34.9 Å². The molecule has 1 nitrogen and oxygen atoms in total. The van der Waals surface area contributed by atoms with Crippen molar-refractivity contribution < 1.29 is 0 Å². The summed E-state index contributed by atoms with van der Waals surface area (Å²) in [6.45, 7) is 9.95. The van der Waals surface area contributed by atoms with Gasteiger partial charge in [-0.05, 0) is 53.3 Å². The second-order valence-corrected chi connectivity index (χ2v) is 6.52. The Morgan fingerprint density at radius 3 is 2.59 bits per heavy atom. The van der Waals surface area contributed by atoms with Crippen LogP contribution in [0.4, 0.5) is 0 Å². The van der Waals surface area contributed by atoms with E-state index in [1.54, 1.807) is 0 Å². The Labute approximate surface area is 105 Å². The molecule has 0 saturated carbocycles. The average molecular weight is 231 g/mol. The smallest absolute Gasteiger partial charge is 0.000556 e. The zero-order chi connectivity index (χ0) is 12.6. The first kappa shape index (κ1) is 12.6. The van der Waals surface area contributed by atoms with Gasteiger partial charge in [-0.3, -0.25) is 0 Å². The Morgan fingerprint density at radius 2 is 2.00 bits per heavy atom. The Morgan fingerprint density at radius 1 is 1.29 bits per heavy atom. The maximum absolute atomic E-state index is 5.97. The van der Waals surface area contributed by atoms with Crippen molar-refractivity contribution in [3.8, 4) is 0 Å². The lowest BCUT2D eigenvalue weighted by Gasteiger charge is -2.32. The summed E-state index contributed by atoms with van der Waals surface area (Å²) in [7, 11) is 0. The van der Waals surface area contributed by atoms with Gasteiger partial charge in [0, 0.05) is 0 Å². The average Bonchev–Trinajstić information content (AvgIpc) is 2.27. The van der Waals surface area contributed by atoms with Gasteiger partial charge >= 0.3 is 0 Å². The van der Waals surface area contributed by atoms with Crippen LogP contribution in [-0.2, 0) is 11.8 Å². The number of benzene rings is 1. The van der Waals surface area contributed by atoms with E-state index < -0.39 is 0 Å². The van der Waals surface area contributed by atoms with E-state index in [0.717, 1.165) is 12.5 Å². The highest BCUT2D eigenvalue weighted by molar-refractivity contribution is 5.39. The molecule has 17 heavy (non-hydrogen) atoms. The number of hydrogen-bond acceptors (Lipinski definition) is 1. The molecule has 0 saturated heterocycles. The molecule has 0 spiro atoms. The Kier molecular flexibility index (Phi) is 3.31. The molecule has 0 aliphatic heterocycles. The first-order valence-corrected chi connectivity index (χ1v) is 6.77. The normalized spacial score (nSPS) is 24.5. The van der Waals surface area contributed by atoms with E-state index in [0.29, 0.717) is 5.92 Å². The van der Waals surface area contributed by atoms with E-state index in [1.807, 2.05) is 0 Å². The lowest BCUT2D eigenvalue weighted by atomic mass is 9.73. The van der Waals surface area contributed by atoms with Crippen LogP contribution >= 0.6 is 0 Å². The SMILES string of the molecule is CC1CCc2ccc(C(C)(C)C)cc2C1CN. The van der Waals surface area contributed by atoms with Gasteiger partial charge in [-0.1, -0.05) is 45.9 Å². The highest BCUT2D eigenvalue weighted by atomic mass is 14.6. The quantitative estimate of drug-likeness (QED) is 0.785. The highest BCUT2D eigenvalue weighted by Gasteiger charge is 2.26. The molecule has 0 bridgehead atoms. The van der Waals surface area contributed by atoms with E-state index in [4.69, 9.17) is 5.73 Å². The molecule has 1 aromatic carbocycles. The second-order valence-electron chi connectivity index (χ2n) is 6.52. The minimum Gasteiger partial charge on any atom is -0.330 e.